The standard InChI is InChI=1S/C15H24N4O3/c1-3-5-6-10-19(11-7-14(20)18-22-4-2)15(21)13-12-16-8-9-17-13/h8-9,12H,3-7,10-11H2,1-2H3,(H,18,20). The van der Waals surface area contributed by atoms with Crippen molar-refractivity contribution in [2.75, 3.05) is 19.7 Å². The predicted octanol–water partition coefficient (Wildman–Crippen LogP) is 1.57. The molecule has 0 atom stereocenters. The van der Waals surface area contributed by atoms with Crippen LogP contribution in [0.5, 0.6) is 0 Å². The van der Waals surface area contributed by atoms with E-state index in [9.17, 15) is 9.59 Å². The Morgan fingerprint density at radius 3 is 2.68 bits per heavy atom. The Morgan fingerprint density at radius 1 is 1.23 bits per heavy atom. The summed E-state index contributed by atoms with van der Waals surface area (Å²) in [6.45, 7) is 5.23. The van der Waals surface area contributed by atoms with Crippen LogP contribution in [-0.2, 0) is 9.63 Å². The fourth-order valence-electron chi connectivity index (χ4n) is 1.88. The molecule has 0 spiro atoms. The molecule has 0 aliphatic heterocycles. The first-order chi connectivity index (χ1) is 10.7. The van der Waals surface area contributed by atoms with Crippen LogP contribution in [0.25, 0.3) is 0 Å². The van der Waals surface area contributed by atoms with Crippen LogP contribution in [-0.4, -0.2) is 46.4 Å². The molecule has 0 bridgehead atoms. The first-order valence-electron chi connectivity index (χ1n) is 7.65. The maximum atomic E-state index is 12.4. The summed E-state index contributed by atoms with van der Waals surface area (Å²) < 4.78 is 0. The molecule has 1 aromatic heterocycles. The number of amides is 2. The van der Waals surface area contributed by atoms with Crippen LogP contribution >= 0.6 is 0 Å². The van der Waals surface area contributed by atoms with E-state index in [1.54, 1.807) is 11.8 Å². The highest BCUT2D eigenvalue weighted by Crippen LogP contribution is 2.05. The van der Waals surface area contributed by atoms with Gasteiger partial charge < -0.3 is 4.90 Å². The zero-order chi connectivity index (χ0) is 16.2. The van der Waals surface area contributed by atoms with Gasteiger partial charge in [0.2, 0.25) is 5.91 Å². The smallest absolute Gasteiger partial charge is 0.274 e. The molecule has 2 amide bonds. The molecule has 0 saturated heterocycles. The van der Waals surface area contributed by atoms with E-state index in [-0.39, 0.29) is 18.2 Å². The summed E-state index contributed by atoms with van der Waals surface area (Å²) in [5.74, 6) is -0.442. The van der Waals surface area contributed by atoms with Crippen LogP contribution < -0.4 is 5.48 Å². The van der Waals surface area contributed by atoms with E-state index < -0.39 is 0 Å². The van der Waals surface area contributed by atoms with Gasteiger partial charge in [-0.3, -0.25) is 19.4 Å². The lowest BCUT2D eigenvalue weighted by molar-refractivity contribution is -0.133. The molecule has 1 rings (SSSR count). The van der Waals surface area contributed by atoms with Crippen molar-refractivity contribution in [3.05, 3.63) is 24.3 Å². The van der Waals surface area contributed by atoms with E-state index in [2.05, 4.69) is 22.4 Å². The lowest BCUT2D eigenvalue weighted by Crippen LogP contribution is -2.36. The highest BCUT2D eigenvalue weighted by molar-refractivity contribution is 5.92. The average molecular weight is 308 g/mol. The molecule has 1 N–H and O–H groups in total. The Balaban J connectivity index is 2.59. The maximum absolute atomic E-state index is 12.4. The average Bonchev–Trinajstić information content (AvgIpc) is 2.56. The van der Waals surface area contributed by atoms with Gasteiger partial charge in [0.1, 0.15) is 5.69 Å². The van der Waals surface area contributed by atoms with Crippen molar-refractivity contribution in [3.63, 3.8) is 0 Å². The number of hydroxylamine groups is 1. The van der Waals surface area contributed by atoms with E-state index in [1.165, 1.54) is 18.6 Å². The summed E-state index contributed by atoms with van der Waals surface area (Å²) in [4.78, 5) is 38.4. The molecule has 0 radical (unpaired) electrons. The largest absolute Gasteiger partial charge is 0.337 e. The second-order valence-corrected chi connectivity index (χ2v) is 4.80. The van der Waals surface area contributed by atoms with Crippen molar-refractivity contribution in [1.29, 1.82) is 0 Å². The summed E-state index contributed by atoms with van der Waals surface area (Å²) in [5, 5.41) is 0. The molecule has 0 aromatic carbocycles. The number of nitrogens with one attached hydrogen (secondary N) is 1. The third-order valence-corrected chi connectivity index (χ3v) is 3.04. The number of unbranched alkanes of at least 4 members (excludes halogenated alkanes) is 2. The minimum Gasteiger partial charge on any atom is -0.337 e. The van der Waals surface area contributed by atoms with E-state index in [1.807, 2.05) is 0 Å². The van der Waals surface area contributed by atoms with Gasteiger partial charge in [0.15, 0.2) is 0 Å². The molecule has 0 aliphatic carbocycles. The van der Waals surface area contributed by atoms with Crippen molar-refractivity contribution in [1.82, 2.24) is 20.3 Å². The molecule has 1 aromatic rings. The predicted molar refractivity (Wildman–Crippen MR) is 81.8 cm³/mol. The Morgan fingerprint density at radius 2 is 2.05 bits per heavy atom. The molecule has 7 heteroatoms. The van der Waals surface area contributed by atoms with Gasteiger partial charge in [-0.2, -0.15) is 0 Å². The number of carbonyl (C=O) groups is 2. The van der Waals surface area contributed by atoms with Gasteiger partial charge in [-0.15, -0.1) is 0 Å². The van der Waals surface area contributed by atoms with Gasteiger partial charge in [0.05, 0.1) is 12.8 Å². The van der Waals surface area contributed by atoms with Gasteiger partial charge >= 0.3 is 0 Å². The van der Waals surface area contributed by atoms with Crippen molar-refractivity contribution in [2.45, 2.75) is 39.5 Å². The fraction of sp³-hybridized carbons (Fsp3) is 0.600. The number of aromatic nitrogens is 2. The van der Waals surface area contributed by atoms with Gasteiger partial charge in [-0.1, -0.05) is 19.8 Å². The van der Waals surface area contributed by atoms with Crippen LogP contribution in [0.15, 0.2) is 18.6 Å². The molecule has 122 valence electrons. The van der Waals surface area contributed by atoms with Gasteiger partial charge in [0, 0.05) is 31.9 Å². The van der Waals surface area contributed by atoms with E-state index in [0.29, 0.717) is 25.4 Å². The molecule has 0 saturated carbocycles. The summed E-state index contributed by atoms with van der Waals surface area (Å²) in [5.41, 5.74) is 2.62. The highest BCUT2D eigenvalue weighted by atomic mass is 16.6. The zero-order valence-corrected chi connectivity index (χ0v) is 13.2. The third kappa shape index (κ3) is 6.62. The van der Waals surface area contributed by atoms with Crippen molar-refractivity contribution < 1.29 is 14.4 Å². The molecular formula is C15H24N4O3. The monoisotopic (exact) mass is 308 g/mol. The minimum absolute atomic E-state index is 0.193. The lowest BCUT2D eigenvalue weighted by Gasteiger charge is -2.22. The molecule has 22 heavy (non-hydrogen) atoms. The molecule has 1 heterocycles. The fourth-order valence-corrected chi connectivity index (χ4v) is 1.88. The maximum Gasteiger partial charge on any atom is 0.274 e. The zero-order valence-electron chi connectivity index (χ0n) is 13.2. The van der Waals surface area contributed by atoms with E-state index >= 15 is 0 Å². The van der Waals surface area contributed by atoms with Crippen molar-refractivity contribution in [2.24, 2.45) is 0 Å². The summed E-state index contributed by atoms with van der Waals surface area (Å²) in [6.07, 6.45) is 7.64. The number of nitrogens with zero attached hydrogens (tertiary/aromatic N) is 3. The van der Waals surface area contributed by atoms with Crippen LogP contribution in [0, 0.1) is 0 Å². The molecular weight excluding hydrogens is 284 g/mol. The Bertz CT molecular complexity index is 453. The SMILES string of the molecule is CCCCCN(CCC(=O)NOCC)C(=O)c1cnccn1. The number of hydrogen-bond acceptors (Lipinski definition) is 5. The van der Waals surface area contributed by atoms with Crippen molar-refractivity contribution in [3.8, 4) is 0 Å². The molecule has 7 nitrogen and oxygen atoms in total. The normalized spacial score (nSPS) is 10.3. The van der Waals surface area contributed by atoms with Gasteiger partial charge in [-0.05, 0) is 13.3 Å². The Hall–Kier alpha value is -2.02. The molecule has 0 unspecified atom stereocenters. The van der Waals surface area contributed by atoms with Gasteiger partial charge in [0.25, 0.3) is 5.91 Å². The summed E-state index contributed by atoms with van der Waals surface area (Å²) >= 11 is 0. The quantitative estimate of drug-likeness (QED) is 0.524. The second-order valence-electron chi connectivity index (χ2n) is 4.80. The third-order valence-electron chi connectivity index (χ3n) is 3.04. The number of carbonyl (C=O) groups excluding carboxylic acids is 2. The second kappa shape index (κ2) is 10.7. The first-order valence-corrected chi connectivity index (χ1v) is 7.65. The molecule has 0 fully saturated rings. The summed E-state index contributed by atoms with van der Waals surface area (Å²) in [6, 6.07) is 0. The highest BCUT2D eigenvalue weighted by Gasteiger charge is 2.17. The first kappa shape index (κ1) is 18.0. The lowest BCUT2D eigenvalue weighted by atomic mass is 10.2. The van der Waals surface area contributed by atoms with Crippen LogP contribution in [0.1, 0.15) is 50.0 Å². The number of hydrogen-bond donors (Lipinski definition) is 1. The Labute approximate surface area is 131 Å². The Kier molecular flexibility index (Phi) is 8.74. The topological polar surface area (TPSA) is 84.4 Å². The van der Waals surface area contributed by atoms with Crippen LogP contribution in [0.4, 0.5) is 0 Å². The van der Waals surface area contributed by atoms with E-state index in [4.69, 9.17) is 4.84 Å². The van der Waals surface area contributed by atoms with E-state index in [0.717, 1.165) is 19.3 Å². The molecule has 0 aliphatic rings. The van der Waals surface area contributed by atoms with Crippen LogP contribution in [0.3, 0.4) is 0 Å². The number of rotatable bonds is 10. The van der Waals surface area contributed by atoms with Crippen LogP contribution in [0.2, 0.25) is 0 Å². The minimum atomic E-state index is -0.241. The van der Waals surface area contributed by atoms with Crippen molar-refractivity contribution >= 4 is 11.8 Å². The summed E-state index contributed by atoms with van der Waals surface area (Å²) in [7, 11) is 0. The van der Waals surface area contributed by atoms with Gasteiger partial charge in [-0.25, -0.2) is 10.5 Å².